The van der Waals surface area contributed by atoms with Crippen LogP contribution in [-0.4, -0.2) is 75.5 Å². The van der Waals surface area contributed by atoms with Crippen LogP contribution in [0.25, 0.3) is 0 Å². The summed E-state index contributed by atoms with van der Waals surface area (Å²) < 4.78 is 16.4. The van der Waals surface area contributed by atoms with Gasteiger partial charge in [-0.1, -0.05) is 0 Å². The Bertz CT molecular complexity index is 431. The first-order chi connectivity index (χ1) is 12.7. The number of ether oxygens (including phenoxy) is 3. The lowest BCUT2D eigenvalue weighted by molar-refractivity contribution is -0.149. The van der Waals surface area contributed by atoms with Crippen LogP contribution >= 0.6 is 0 Å². The molecule has 2 saturated heterocycles. The molecule has 0 radical (unpaired) electrons. The Hall–Kier alpha value is -1.34. The lowest BCUT2D eigenvalue weighted by atomic mass is 9.97. The second-order valence-electron chi connectivity index (χ2n) is 6.79. The zero-order chi connectivity index (χ0) is 18.6. The minimum absolute atomic E-state index is 0.0296. The Balaban J connectivity index is 1.69. The van der Waals surface area contributed by atoms with Gasteiger partial charge in [-0.3, -0.25) is 9.79 Å². The number of carbonyl (C=O) groups excluding carboxylic acids is 1. The van der Waals surface area contributed by atoms with E-state index in [9.17, 15) is 4.79 Å². The summed E-state index contributed by atoms with van der Waals surface area (Å²) in [6.07, 6.45) is 4.93. The number of rotatable bonds is 8. The Morgan fingerprint density at radius 1 is 1.19 bits per heavy atom. The largest absolute Gasteiger partial charge is 0.466 e. The van der Waals surface area contributed by atoms with E-state index in [1.54, 1.807) is 0 Å². The number of guanidine groups is 1. The van der Waals surface area contributed by atoms with E-state index in [0.717, 1.165) is 84.1 Å². The van der Waals surface area contributed by atoms with Crippen LogP contribution < -0.4 is 5.32 Å². The smallest absolute Gasteiger partial charge is 0.309 e. The van der Waals surface area contributed by atoms with E-state index in [2.05, 4.69) is 17.1 Å². The van der Waals surface area contributed by atoms with Crippen LogP contribution in [0.2, 0.25) is 0 Å². The molecule has 7 heteroatoms. The van der Waals surface area contributed by atoms with Gasteiger partial charge in [0, 0.05) is 46.0 Å². The maximum Gasteiger partial charge on any atom is 0.309 e. The quantitative estimate of drug-likeness (QED) is 0.304. The molecule has 1 N–H and O–H groups in total. The van der Waals surface area contributed by atoms with E-state index in [4.69, 9.17) is 19.2 Å². The van der Waals surface area contributed by atoms with Crippen LogP contribution in [0.4, 0.5) is 0 Å². The number of piperidine rings is 1. The Morgan fingerprint density at radius 2 is 1.92 bits per heavy atom. The monoisotopic (exact) mass is 369 g/mol. The molecule has 2 aliphatic rings. The standard InChI is InChI=1S/C19H35N3O4/c1-3-20-19(21-10-5-13-26-17-8-14-24-15-9-17)22-11-6-16(7-12-22)18(23)25-4-2/h16-17H,3-15H2,1-2H3,(H,20,21). The predicted octanol–water partition coefficient (Wildman–Crippen LogP) is 1.81. The maximum atomic E-state index is 11.9. The first-order valence-electron chi connectivity index (χ1n) is 10.1. The second kappa shape index (κ2) is 12.1. The molecule has 7 nitrogen and oxygen atoms in total. The van der Waals surface area contributed by atoms with E-state index >= 15 is 0 Å². The summed E-state index contributed by atoms with van der Waals surface area (Å²) >= 11 is 0. The molecule has 0 aromatic heterocycles. The van der Waals surface area contributed by atoms with Crippen molar-refractivity contribution < 1.29 is 19.0 Å². The first kappa shape index (κ1) is 21.0. The summed E-state index contributed by atoms with van der Waals surface area (Å²) in [5.41, 5.74) is 0. The van der Waals surface area contributed by atoms with Gasteiger partial charge in [-0.2, -0.15) is 0 Å². The van der Waals surface area contributed by atoms with Gasteiger partial charge in [0.05, 0.1) is 18.6 Å². The molecule has 2 fully saturated rings. The zero-order valence-corrected chi connectivity index (χ0v) is 16.4. The third kappa shape index (κ3) is 7.11. The molecule has 2 rings (SSSR count). The summed E-state index contributed by atoms with van der Waals surface area (Å²) in [6.45, 7) is 10.0. The zero-order valence-electron chi connectivity index (χ0n) is 16.4. The lowest BCUT2D eigenvalue weighted by Crippen LogP contribution is -2.46. The maximum absolute atomic E-state index is 11.9. The number of nitrogens with zero attached hydrogens (tertiary/aromatic N) is 2. The molecule has 0 atom stereocenters. The Labute approximate surface area is 157 Å². The van der Waals surface area contributed by atoms with E-state index < -0.39 is 0 Å². The molecule has 0 spiro atoms. The predicted molar refractivity (Wildman–Crippen MR) is 101 cm³/mol. The van der Waals surface area contributed by atoms with E-state index in [0.29, 0.717) is 12.7 Å². The van der Waals surface area contributed by atoms with Crippen molar-refractivity contribution in [2.75, 3.05) is 52.6 Å². The molecule has 0 unspecified atom stereocenters. The molecule has 150 valence electrons. The van der Waals surface area contributed by atoms with Crippen LogP contribution in [0.5, 0.6) is 0 Å². The molecule has 0 amide bonds. The highest BCUT2D eigenvalue weighted by atomic mass is 16.5. The van der Waals surface area contributed by atoms with Crippen molar-refractivity contribution in [2.45, 2.75) is 52.1 Å². The molecular weight excluding hydrogens is 334 g/mol. The van der Waals surface area contributed by atoms with Crippen LogP contribution in [0.3, 0.4) is 0 Å². The van der Waals surface area contributed by atoms with Crippen molar-refractivity contribution in [3.05, 3.63) is 0 Å². The third-order valence-electron chi connectivity index (χ3n) is 4.84. The van der Waals surface area contributed by atoms with Crippen molar-refractivity contribution in [1.29, 1.82) is 0 Å². The topological polar surface area (TPSA) is 72.4 Å². The minimum atomic E-state index is -0.0562. The number of nitrogens with one attached hydrogen (secondary N) is 1. The summed E-state index contributed by atoms with van der Waals surface area (Å²) in [5.74, 6) is 0.919. The van der Waals surface area contributed by atoms with E-state index in [1.807, 2.05) is 6.92 Å². The van der Waals surface area contributed by atoms with Gasteiger partial charge in [0.15, 0.2) is 5.96 Å². The SMILES string of the molecule is CCNC(=NCCCOC1CCOCC1)N1CCC(C(=O)OCC)CC1. The number of hydrogen-bond acceptors (Lipinski definition) is 5. The minimum Gasteiger partial charge on any atom is -0.466 e. The number of likely N-dealkylation sites (tertiary alicyclic amines) is 1. The fraction of sp³-hybridized carbons (Fsp3) is 0.895. The third-order valence-corrected chi connectivity index (χ3v) is 4.84. The highest BCUT2D eigenvalue weighted by molar-refractivity contribution is 5.80. The molecule has 0 aromatic carbocycles. The van der Waals surface area contributed by atoms with Gasteiger partial charge < -0.3 is 24.4 Å². The number of aliphatic imine (C=N–C) groups is 1. The summed E-state index contributed by atoms with van der Waals surface area (Å²) in [4.78, 5) is 18.9. The molecule has 0 aromatic rings. The van der Waals surface area contributed by atoms with E-state index in [1.165, 1.54) is 0 Å². The van der Waals surface area contributed by atoms with Gasteiger partial charge in [-0.15, -0.1) is 0 Å². The van der Waals surface area contributed by atoms with Gasteiger partial charge in [0.1, 0.15) is 0 Å². The first-order valence-corrected chi connectivity index (χ1v) is 10.1. The number of hydrogen-bond donors (Lipinski definition) is 1. The van der Waals surface area contributed by atoms with Crippen LogP contribution in [0, 0.1) is 5.92 Å². The van der Waals surface area contributed by atoms with Crippen LogP contribution in [-0.2, 0) is 19.0 Å². The second-order valence-corrected chi connectivity index (χ2v) is 6.79. The summed E-state index contributed by atoms with van der Waals surface area (Å²) in [5, 5.41) is 3.36. The van der Waals surface area contributed by atoms with E-state index in [-0.39, 0.29) is 11.9 Å². The van der Waals surface area contributed by atoms with Crippen LogP contribution in [0.1, 0.15) is 46.0 Å². The molecule has 2 heterocycles. The van der Waals surface area contributed by atoms with Crippen molar-refractivity contribution in [3.63, 3.8) is 0 Å². The van der Waals surface area contributed by atoms with Gasteiger partial charge in [-0.05, 0) is 46.0 Å². The number of esters is 1. The Kier molecular flexibility index (Phi) is 9.77. The normalized spacial score (nSPS) is 20.2. The molecular formula is C19H35N3O4. The molecule has 2 aliphatic heterocycles. The number of carbonyl (C=O) groups is 1. The fourth-order valence-corrected chi connectivity index (χ4v) is 3.36. The molecule has 0 aliphatic carbocycles. The molecule has 26 heavy (non-hydrogen) atoms. The van der Waals surface area contributed by atoms with Crippen molar-refractivity contribution in [2.24, 2.45) is 10.9 Å². The lowest BCUT2D eigenvalue weighted by Gasteiger charge is -2.33. The molecule has 0 bridgehead atoms. The Morgan fingerprint density at radius 3 is 2.58 bits per heavy atom. The molecule has 0 saturated carbocycles. The van der Waals surface area contributed by atoms with Gasteiger partial charge in [0.2, 0.25) is 0 Å². The fourth-order valence-electron chi connectivity index (χ4n) is 3.36. The average Bonchev–Trinajstić information content (AvgIpc) is 2.68. The van der Waals surface area contributed by atoms with Crippen molar-refractivity contribution in [3.8, 4) is 0 Å². The highest BCUT2D eigenvalue weighted by Crippen LogP contribution is 2.18. The van der Waals surface area contributed by atoms with Gasteiger partial charge >= 0.3 is 5.97 Å². The van der Waals surface area contributed by atoms with Crippen molar-refractivity contribution >= 4 is 11.9 Å². The van der Waals surface area contributed by atoms with Gasteiger partial charge in [0.25, 0.3) is 0 Å². The van der Waals surface area contributed by atoms with Crippen molar-refractivity contribution in [1.82, 2.24) is 10.2 Å². The van der Waals surface area contributed by atoms with Gasteiger partial charge in [-0.25, -0.2) is 0 Å². The summed E-state index contributed by atoms with van der Waals surface area (Å²) in [7, 11) is 0. The summed E-state index contributed by atoms with van der Waals surface area (Å²) in [6, 6.07) is 0. The highest BCUT2D eigenvalue weighted by Gasteiger charge is 2.27. The average molecular weight is 370 g/mol. The van der Waals surface area contributed by atoms with Crippen LogP contribution in [0.15, 0.2) is 4.99 Å².